The summed E-state index contributed by atoms with van der Waals surface area (Å²) in [6.07, 6.45) is -0.654. The molecule has 0 spiro atoms. The lowest BCUT2D eigenvalue weighted by Crippen LogP contribution is -2.60. The fraction of sp³-hybridized carbons (Fsp3) is 0.579. The van der Waals surface area contributed by atoms with Gasteiger partial charge in [0.1, 0.15) is 23.1 Å². The first-order valence-electron chi connectivity index (χ1n) is 8.91. The first-order chi connectivity index (χ1) is 12.7. The number of carbonyl (C=O) groups is 1. The highest BCUT2D eigenvalue weighted by molar-refractivity contribution is 6.32. The molecule has 0 bridgehead atoms. The molecule has 2 heterocycles. The van der Waals surface area contributed by atoms with Gasteiger partial charge in [0.25, 0.3) is 0 Å². The Balaban J connectivity index is 1.67. The van der Waals surface area contributed by atoms with Crippen LogP contribution < -0.4 is 0 Å². The zero-order chi connectivity index (χ0) is 19.8. The third kappa shape index (κ3) is 4.34. The molecule has 1 aromatic rings. The largest absolute Gasteiger partial charge is 0.444 e. The SMILES string of the molecule is CC(C)(C)OC(=O)N1CCN2CC(c3ccc(F)c(C#N)c3Cl)OC[C@H]2C1. The molecule has 2 fully saturated rings. The maximum absolute atomic E-state index is 13.7. The van der Waals surface area contributed by atoms with Gasteiger partial charge in [0.15, 0.2) is 0 Å². The van der Waals surface area contributed by atoms with Gasteiger partial charge in [0.05, 0.1) is 23.8 Å². The van der Waals surface area contributed by atoms with Crippen LogP contribution in [-0.2, 0) is 9.47 Å². The predicted molar refractivity (Wildman–Crippen MR) is 98.0 cm³/mol. The fourth-order valence-corrected chi connectivity index (χ4v) is 3.70. The Bertz CT molecular complexity index is 775. The highest BCUT2D eigenvalue weighted by Crippen LogP contribution is 2.34. The van der Waals surface area contributed by atoms with E-state index in [4.69, 9.17) is 26.3 Å². The van der Waals surface area contributed by atoms with Crippen LogP contribution in [0.15, 0.2) is 12.1 Å². The Morgan fingerprint density at radius 2 is 2.11 bits per heavy atom. The topological polar surface area (TPSA) is 65.8 Å². The molecular weight excluding hydrogens is 373 g/mol. The van der Waals surface area contributed by atoms with Crippen LogP contribution in [0.2, 0.25) is 5.02 Å². The van der Waals surface area contributed by atoms with E-state index in [9.17, 15) is 9.18 Å². The van der Waals surface area contributed by atoms with Gasteiger partial charge >= 0.3 is 6.09 Å². The van der Waals surface area contributed by atoms with Gasteiger partial charge in [0, 0.05) is 31.7 Å². The van der Waals surface area contributed by atoms with Crippen molar-refractivity contribution in [3.8, 4) is 6.07 Å². The molecule has 2 atom stereocenters. The second kappa shape index (κ2) is 7.63. The summed E-state index contributed by atoms with van der Waals surface area (Å²) >= 11 is 6.22. The molecule has 27 heavy (non-hydrogen) atoms. The number of morpholine rings is 1. The maximum Gasteiger partial charge on any atom is 0.410 e. The highest BCUT2D eigenvalue weighted by Gasteiger charge is 2.37. The van der Waals surface area contributed by atoms with Gasteiger partial charge < -0.3 is 14.4 Å². The molecule has 1 amide bonds. The van der Waals surface area contributed by atoms with E-state index >= 15 is 0 Å². The molecule has 2 saturated heterocycles. The third-order valence-corrected chi connectivity index (χ3v) is 5.13. The standard InChI is InChI=1S/C19H23ClFN3O3/c1-19(2,3)27-18(25)24-7-6-23-10-16(26-11-12(23)9-24)13-4-5-15(21)14(8-22)17(13)20/h4-5,12,16H,6-7,9-11H2,1-3H3/t12-,16?/m1/s1. The summed E-state index contributed by atoms with van der Waals surface area (Å²) in [6, 6.07) is 4.68. The number of nitrogens with zero attached hydrogens (tertiary/aromatic N) is 3. The number of rotatable bonds is 1. The van der Waals surface area contributed by atoms with Crippen molar-refractivity contribution in [2.45, 2.75) is 38.5 Å². The molecule has 146 valence electrons. The van der Waals surface area contributed by atoms with E-state index in [-0.39, 0.29) is 28.8 Å². The molecule has 1 unspecified atom stereocenters. The zero-order valence-electron chi connectivity index (χ0n) is 15.7. The second-order valence-corrected chi connectivity index (χ2v) is 8.21. The number of piperazine rings is 1. The molecule has 6 nitrogen and oxygen atoms in total. The number of benzene rings is 1. The van der Waals surface area contributed by atoms with Crippen LogP contribution in [0, 0.1) is 17.1 Å². The van der Waals surface area contributed by atoms with E-state index in [0.29, 0.717) is 38.3 Å². The predicted octanol–water partition coefficient (Wildman–Crippen LogP) is 3.34. The average molecular weight is 396 g/mol. The van der Waals surface area contributed by atoms with Crippen molar-refractivity contribution in [2.75, 3.05) is 32.8 Å². The second-order valence-electron chi connectivity index (χ2n) is 7.83. The summed E-state index contributed by atoms with van der Waals surface area (Å²) in [6.45, 7) is 8.31. The maximum atomic E-state index is 13.7. The molecule has 0 radical (unpaired) electrons. The van der Waals surface area contributed by atoms with Crippen LogP contribution in [-0.4, -0.2) is 60.3 Å². The summed E-state index contributed by atoms with van der Waals surface area (Å²) in [5.41, 5.74) is -0.0718. The number of nitriles is 1. The molecule has 1 aromatic carbocycles. The summed E-state index contributed by atoms with van der Waals surface area (Å²) in [7, 11) is 0. The molecular formula is C19H23ClFN3O3. The van der Waals surface area contributed by atoms with Gasteiger partial charge in [-0.15, -0.1) is 0 Å². The highest BCUT2D eigenvalue weighted by atomic mass is 35.5. The lowest BCUT2D eigenvalue weighted by Gasteiger charge is -2.46. The first-order valence-corrected chi connectivity index (χ1v) is 9.29. The Morgan fingerprint density at radius 1 is 1.37 bits per heavy atom. The quantitative estimate of drug-likeness (QED) is 0.729. The normalized spacial score (nSPS) is 23.5. The van der Waals surface area contributed by atoms with Crippen LogP contribution in [0.1, 0.15) is 38.0 Å². The molecule has 0 aliphatic carbocycles. The van der Waals surface area contributed by atoms with E-state index in [1.54, 1.807) is 17.0 Å². The molecule has 0 aromatic heterocycles. The minimum absolute atomic E-state index is 0.0668. The Morgan fingerprint density at radius 3 is 2.78 bits per heavy atom. The van der Waals surface area contributed by atoms with Gasteiger partial charge in [-0.1, -0.05) is 17.7 Å². The number of ether oxygens (including phenoxy) is 2. The Kier molecular flexibility index (Phi) is 5.61. The van der Waals surface area contributed by atoms with Crippen LogP contribution in [0.25, 0.3) is 0 Å². The Hall–Kier alpha value is -1.88. The number of fused-ring (bicyclic) bond motifs is 1. The van der Waals surface area contributed by atoms with Gasteiger partial charge in [0.2, 0.25) is 0 Å². The van der Waals surface area contributed by atoms with E-state index in [1.807, 2.05) is 20.8 Å². The van der Waals surface area contributed by atoms with Crippen molar-refractivity contribution in [3.05, 3.63) is 34.1 Å². The molecule has 8 heteroatoms. The number of hydrogen-bond acceptors (Lipinski definition) is 5. The third-order valence-electron chi connectivity index (χ3n) is 4.73. The molecule has 2 aliphatic heterocycles. The molecule has 0 saturated carbocycles. The summed E-state index contributed by atoms with van der Waals surface area (Å²) in [4.78, 5) is 16.2. The summed E-state index contributed by atoms with van der Waals surface area (Å²) in [5.74, 6) is -0.633. The molecule has 2 aliphatic rings. The summed E-state index contributed by atoms with van der Waals surface area (Å²) < 4.78 is 25.1. The van der Waals surface area contributed by atoms with Crippen molar-refractivity contribution in [2.24, 2.45) is 0 Å². The monoisotopic (exact) mass is 395 g/mol. The number of halogens is 2. The van der Waals surface area contributed by atoms with Crippen molar-refractivity contribution in [3.63, 3.8) is 0 Å². The van der Waals surface area contributed by atoms with Crippen LogP contribution in [0.5, 0.6) is 0 Å². The van der Waals surface area contributed by atoms with E-state index < -0.39 is 11.4 Å². The smallest absolute Gasteiger partial charge is 0.410 e. The Labute approximate surface area is 163 Å². The van der Waals surface area contributed by atoms with Crippen LogP contribution in [0.3, 0.4) is 0 Å². The molecule has 0 N–H and O–H groups in total. The van der Waals surface area contributed by atoms with Crippen LogP contribution >= 0.6 is 11.6 Å². The number of carbonyl (C=O) groups excluding carboxylic acids is 1. The van der Waals surface area contributed by atoms with Gasteiger partial charge in [-0.2, -0.15) is 5.26 Å². The van der Waals surface area contributed by atoms with Crippen molar-refractivity contribution >= 4 is 17.7 Å². The van der Waals surface area contributed by atoms with Crippen molar-refractivity contribution in [1.29, 1.82) is 5.26 Å². The zero-order valence-corrected chi connectivity index (χ0v) is 16.4. The lowest BCUT2D eigenvalue weighted by atomic mass is 10.0. The first kappa shape index (κ1) is 19.9. The van der Waals surface area contributed by atoms with Crippen molar-refractivity contribution in [1.82, 2.24) is 9.80 Å². The van der Waals surface area contributed by atoms with Crippen LogP contribution in [0.4, 0.5) is 9.18 Å². The average Bonchev–Trinajstić information content (AvgIpc) is 2.60. The minimum Gasteiger partial charge on any atom is -0.444 e. The number of hydrogen-bond donors (Lipinski definition) is 0. The van der Waals surface area contributed by atoms with Gasteiger partial charge in [-0.25, -0.2) is 9.18 Å². The lowest BCUT2D eigenvalue weighted by molar-refractivity contribution is -0.0906. The molecule has 3 rings (SSSR count). The number of amides is 1. The van der Waals surface area contributed by atoms with E-state index in [0.717, 1.165) is 0 Å². The van der Waals surface area contributed by atoms with E-state index in [1.165, 1.54) is 6.07 Å². The van der Waals surface area contributed by atoms with Gasteiger partial charge in [-0.3, -0.25) is 4.90 Å². The van der Waals surface area contributed by atoms with Crippen molar-refractivity contribution < 1.29 is 18.7 Å². The summed E-state index contributed by atoms with van der Waals surface area (Å²) in [5, 5.41) is 9.20. The van der Waals surface area contributed by atoms with Gasteiger partial charge in [-0.05, 0) is 26.8 Å². The fourth-order valence-electron chi connectivity index (χ4n) is 3.38. The van der Waals surface area contributed by atoms with E-state index in [2.05, 4.69) is 4.90 Å². The minimum atomic E-state index is -0.633.